The molecule has 0 bridgehead atoms. The molecule has 0 aromatic carbocycles. The summed E-state index contributed by atoms with van der Waals surface area (Å²) in [6.45, 7) is 7.89. The number of hydrogen-bond donors (Lipinski definition) is 2. The van der Waals surface area contributed by atoms with E-state index >= 15 is 0 Å². The van der Waals surface area contributed by atoms with Crippen LogP contribution in [0.15, 0.2) is 22.8 Å². The van der Waals surface area contributed by atoms with Gasteiger partial charge in [0.15, 0.2) is 0 Å². The molecule has 4 heteroatoms. The molecule has 2 fully saturated rings. The first-order valence-corrected chi connectivity index (χ1v) is 8.43. The Labute approximate surface area is 132 Å². The second-order valence-electron chi connectivity index (χ2n) is 7.04. The van der Waals surface area contributed by atoms with Crippen LogP contribution in [0.5, 0.6) is 0 Å². The van der Waals surface area contributed by atoms with E-state index in [9.17, 15) is 9.90 Å². The molecule has 0 aromatic rings. The number of carbonyl (C=O) groups is 1. The fraction of sp³-hybridized carbons (Fsp3) is 0.722. The molecule has 0 radical (unpaired) electrons. The fourth-order valence-electron chi connectivity index (χ4n) is 4.42. The van der Waals surface area contributed by atoms with Crippen molar-refractivity contribution in [3.8, 4) is 0 Å². The van der Waals surface area contributed by atoms with Crippen molar-refractivity contribution in [2.45, 2.75) is 39.7 Å². The topological polar surface area (TPSA) is 58.6 Å². The lowest BCUT2D eigenvalue weighted by Crippen LogP contribution is -2.31. The number of ether oxygens (including phenoxy) is 1. The molecule has 2 N–H and O–H groups in total. The molecule has 5 atom stereocenters. The van der Waals surface area contributed by atoms with Crippen LogP contribution in [0.25, 0.3) is 0 Å². The predicted octanol–water partition coefficient (Wildman–Crippen LogP) is 2.05. The highest BCUT2D eigenvalue weighted by atomic mass is 16.5. The molecule has 1 aliphatic heterocycles. The third-order valence-corrected chi connectivity index (χ3v) is 5.69. The van der Waals surface area contributed by atoms with Gasteiger partial charge in [-0.25, -0.2) is 0 Å². The van der Waals surface area contributed by atoms with E-state index in [2.05, 4.69) is 32.2 Å². The van der Waals surface area contributed by atoms with Gasteiger partial charge in [0.25, 0.3) is 0 Å². The molecule has 3 aliphatic rings. The van der Waals surface area contributed by atoms with Crippen LogP contribution in [0.2, 0.25) is 0 Å². The summed E-state index contributed by atoms with van der Waals surface area (Å²) in [5, 5.41) is 12.5. The van der Waals surface area contributed by atoms with Gasteiger partial charge < -0.3 is 15.2 Å². The second kappa shape index (κ2) is 6.17. The van der Waals surface area contributed by atoms with Gasteiger partial charge in [-0.15, -0.1) is 0 Å². The Hall–Kier alpha value is -1.13. The highest BCUT2D eigenvalue weighted by Crippen LogP contribution is 2.52. The van der Waals surface area contributed by atoms with Gasteiger partial charge in [0.1, 0.15) is 0 Å². The lowest BCUT2D eigenvalue weighted by Gasteiger charge is -2.30. The molecular weight excluding hydrogens is 278 g/mol. The smallest absolute Gasteiger partial charge is 0.223 e. The minimum atomic E-state index is 0.0560. The number of piperidine rings is 1. The molecule has 4 nitrogen and oxygen atoms in total. The van der Waals surface area contributed by atoms with E-state index in [-0.39, 0.29) is 24.5 Å². The number of carbonyl (C=O) groups excluding carboxylic acids is 1. The number of aliphatic hydroxyl groups is 1. The fourth-order valence-corrected chi connectivity index (χ4v) is 4.42. The van der Waals surface area contributed by atoms with Crippen molar-refractivity contribution < 1.29 is 14.6 Å². The summed E-state index contributed by atoms with van der Waals surface area (Å²) >= 11 is 0. The maximum absolute atomic E-state index is 11.7. The van der Waals surface area contributed by atoms with Crippen molar-refractivity contribution >= 4 is 5.91 Å². The van der Waals surface area contributed by atoms with Crippen molar-refractivity contribution in [1.82, 2.24) is 5.32 Å². The molecule has 0 spiro atoms. The molecule has 1 saturated carbocycles. The molecule has 22 heavy (non-hydrogen) atoms. The van der Waals surface area contributed by atoms with Crippen LogP contribution in [-0.2, 0) is 9.53 Å². The lowest BCUT2D eigenvalue weighted by atomic mass is 9.84. The standard InChI is InChI=1S/C18H27NO3/c1-10-8-11(2)17(12(3)15(10)9-20)22-7-5-14-13-4-6-19-18(21)16(13)14/h8,11,13-14,16-17,20H,4-7,9H2,1-3H3,(H,19,21). The van der Waals surface area contributed by atoms with Crippen LogP contribution >= 0.6 is 0 Å². The van der Waals surface area contributed by atoms with Crippen LogP contribution < -0.4 is 5.32 Å². The van der Waals surface area contributed by atoms with Gasteiger partial charge in [0.05, 0.1) is 12.7 Å². The largest absolute Gasteiger partial charge is 0.392 e. The highest BCUT2D eigenvalue weighted by Gasteiger charge is 2.55. The van der Waals surface area contributed by atoms with Gasteiger partial charge in [-0.05, 0) is 55.2 Å². The van der Waals surface area contributed by atoms with Gasteiger partial charge in [0.2, 0.25) is 5.91 Å². The van der Waals surface area contributed by atoms with Crippen LogP contribution in [0.4, 0.5) is 0 Å². The summed E-state index contributed by atoms with van der Waals surface area (Å²) in [5.74, 6) is 1.92. The summed E-state index contributed by atoms with van der Waals surface area (Å²) in [6, 6.07) is 0. The van der Waals surface area contributed by atoms with E-state index in [0.29, 0.717) is 24.4 Å². The monoisotopic (exact) mass is 305 g/mol. The number of amides is 1. The summed E-state index contributed by atoms with van der Waals surface area (Å²) in [7, 11) is 0. The van der Waals surface area contributed by atoms with Crippen LogP contribution in [-0.4, -0.2) is 36.9 Å². The van der Waals surface area contributed by atoms with Gasteiger partial charge in [0, 0.05) is 25.0 Å². The molecule has 0 aromatic heterocycles. The van der Waals surface area contributed by atoms with Crippen molar-refractivity contribution in [3.63, 3.8) is 0 Å². The molecule has 1 amide bonds. The minimum absolute atomic E-state index is 0.0560. The minimum Gasteiger partial charge on any atom is -0.392 e. The van der Waals surface area contributed by atoms with Crippen molar-refractivity contribution in [1.29, 1.82) is 0 Å². The molecular formula is C18H27NO3. The number of aliphatic hydroxyl groups excluding tert-OH is 1. The Morgan fingerprint density at radius 3 is 2.86 bits per heavy atom. The molecule has 122 valence electrons. The Morgan fingerprint density at radius 2 is 2.18 bits per heavy atom. The molecule has 3 rings (SSSR count). The predicted molar refractivity (Wildman–Crippen MR) is 85.2 cm³/mol. The summed E-state index contributed by atoms with van der Waals surface area (Å²) in [6.07, 6.45) is 4.33. The van der Waals surface area contributed by atoms with Crippen molar-refractivity contribution in [3.05, 3.63) is 22.8 Å². The Kier molecular flexibility index (Phi) is 4.42. The Balaban J connectivity index is 1.54. The third kappa shape index (κ3) is 2.74. The maximum Gasteiger partial charge on any atom is 0.223 e. The highest BCUT2D eigenvalue weighted by molar-refractivity contribution is 5.83. The summed E-state index contributed by atoms with van der Waals surface area (Å²) in [4.78, 5) is 11.7. The zero-order valence-corrected chi connectivity index (χ0v) is 13.8. The van der Waals surface area contributed by atoms with E-state index in [0.717, 1.165) is 36.1 Å². The average Bonchev–Trinajstić information content (AvgIpc) is 3.17. The number of nitrogens with one attached hydrogen (secondary N) is 1. The van der Waals surface area contributed by atoms with E-state index in [1.807, 2.05) is 0 Å². The van der Waals surface area contributed by atoms with E-state index in [4.69, 9.17) is 4.74 Å². The van der Waals surface area contributed by atoms with Crippen LogP contribution in [0.3, 0.4) is 0 Å². The average molecular weight is 305 g/mol. The van der Waals surface area contributed by atoms with Gasteiger partial charge in [-0.1, -0.05) is 13.0 Å². The van der Waals surface area contributed by atoms with Gasteiger partial charge in [-0.2, -0.15) is 0 Å². The first-order chi connectivity index (χ1) is 10.5. The molecule has 2 aliphatic carbocycles. The summed E-state index contributed by atoms with van der Waals surface area (Å²) in [5.41, 5.74) is 3.33. The quantitative estimate of drug-likeness (QED) is 0.817. The van der Waals surface area contributed by atoms with Crippen molar-refractivity contribution in [2.24, 2.45) is 23.7 Å². The van der Waals surface area contributed by atoms with Crippen LogP contribution in [0.1, 0.15) is 33.6 Å². The van der Waals surface area contributed by atoms with E-state index in [1.165, 1.54) is 0 Å². The van der Waals surface area contributed by atoms with Crippen LogP contribution in [0, 0.1) is 23.7 Å². The van der Waals surface area contributed by atoms with Gasteiger partial charge in [-0.3, -0.25) is 4.79 Å². The van der Waals surface area contributed by atoms with Gasteiger partial charge >= 0.3 is 0 Å². The number of rotatable bonds is 5. The number of fused-ring (bicyclic) bond motifs is 1. The number of hydrogen-bond acceptors (Lipinski definition) is 3. The lowest BCUT2D eigenvalue weighted by molar-refractivity contribution is -0.123. The third-order valence-electron chi connectivity index (χ3n) is 5.69. The normalized spacial score (nSPS) is 37.5. The van der Waals surface area contributed by atoms with E-state index < -0.39 is 0 Å². The first kappa shape index (κ1) is 15.8. The Morgan fingerprint density at radius 1 is 1.41 bits per heavy atom. The maximum atomic E-state index is 11.7. The Bertz CT molecular complexity index is 522. The van der Waals surface area contributed by atoms with E-state index in [1.54, 1.807) is 0 Å². The van der Waals surface area contributed by atoms with Crippen molar-refractivity contribution in [2.75, 3.05) is 19.8 Å². The zero-order valence-electron chi connectivity index (χ0n) is 13.8. The molecule has 1 saturated heterocycles. The molecule has 5 unspecified atom stereocenters. The first-order valence-electron chi connectivity index (χ1n) is 8.43. The zero-order chi connectivity index (χ0) is 15.9. The molecule has 1 heterocycles. The second-order valence-corrected chi connectivity index (χ2v) is 7.04. The SMILES string of the molecule is CC1=CC(C)C(OCCC2C3CCNC(=O)C32)C(C)=C1CO. The summed E-state index contributed by atoms with van der Waals surface area (Å²) < 4.78 is 6.13.